The molecule has 24 heavy (non-hydrogen) atoms. The van der Waals surface area contributed by atoms with E-state index in [2.05, 4.69) is 5.16 Å². The number of amides is 1. The zero-order valence-corrected chi connectivity index (χ0v) is 14.3. The molecule has 0 saturated carbocycles. The highest BCUT2D eigenvalue weighted by Gasteiger charge is 2.34. The summed E-state index contributed by atoms with van der Waals surface area (Å²) in [7, 11) is 0. The largest absolute Gasteiger partial charge is 0.354 e. The normalized spacial score (nSPS) is 16.6. The lowest BCUT2D eigenvalue weighted by Crippen LogP contribution is -2.42. The van der Waals surface area contributed by atoms with Gasteiger partial charge in [0.2, 0.25) is 5.76 Å². The molecular weight excluding hydrogens is 336 g/mol. The van der Waals surface area contributed by atoms with Crippen molar-refractivity contribution in [1.82, 2.24) is 10.1 Å². The van der Waals surface area contributed by atoms with Gasteiger partial charge in [0.1, 0.15) is 5.69 Å². The molecule has 0 aliphatic carbocycles. The van der Waals surface area contributed by atoms with E-state index in [1.165, 1.54) is 11.3 Å². The van der Waals surface area contributed by atoms with E-state index < -0.39 is 11.7 Å². The molecule has 0 spiro atoms. The summed E-state index contributed by atoms with van der Waals surface area (Å²) < 4.78 is 31.7. The topological polar surface area (TPSA) is 72.4 Å². The Bertz CT molecular complexity index is 743. The lowest BCUT2D eigenvalue weighted by molar-refractivity contribution is -0.0112. The summed E-state index contributed by atoms with van der Waals surface area (Å²) in [5.74, 6) is -3.58. The van der Waals surface area contributed by atoms with E-state index in [4.69, 9.17) is 10.3 Å². The fraction of sp³-hybridized carbons (Fsp3) is 0.500. The highest BCUT2D eigenvalue weighted by atomic mass is 32.1. The van der Waals surface area contributed by atoms with Gasteiger partial charge in [-0.3, -0.25) is 4.79 Å². The van der Waals surface area contributed by atoms with Crippen LogP contribution in [0.1, 0.15) is 40.8 Å². The van der Waals surface area contributed by atoms with Crippen LogP contribution in [-0.4, -0.2) is 35.1 Å². The third-order valence-corrected chi connectivity index (χ3v) is 5.28. The van der Waals surface area contributed by atoms with Crippen molar-refractivity contribution in [2.45, 2.75) is 38.7 Å². The average Bonchev–Trinajstić information content (AvgIpc) is 3.13. The fourth-order valence-corrected chi connectivity index (χ4v) is 3.83. The van der Waals surface area contributed by atoms with Gasteiger partial charge < -0.3 is 15.2 Å². The molecule has 1 aliphatic rings. The zero-order valence-electron chi connectivity index (χ0n) is 13.5. The van der Waals surface area contributed by atoms with Crippen LogP contribution >= 0.6 is 11.3 Å². The molecule has 1 aliphatic heterocycles. The molecular formula is C16H19F2N3O2S. The first kappa shape index (κ1) is 17.0. The van der Waals surface area contributed by atoms with E-state index >= 15 is 0 Å². The molecule has 0 bridgehead atoms. The molecule has 3 rings (SSSR count). The number of rotatable bonds is 3. The minimum absolute atomic E-state index is 0.0552. The monoisotopic (exact) mass is 355 g/mol. The number of aromatic nitrogens is 1. The van der Waals surface area contributed by atoms with Crippen LogP contribution in [0.2, 0.25) is 0 Å². The number of alkyl halides is 2. The molecule has 2 N–H and O–H groups in total. The van der Waals surface area contributed by atoms with Gasteiger partial charge in [0.05, 0.1) is 9.75 Å². The van der Waals surface area contributed by atoms with Crippen molar-refractivity contribution in [2.75, 3.05) is 13.1 Å². The summed E-state index contributed by atoms with van der Waals surface area (Å²) in [4.78, 5) is 15.5. The van der Waals surface area contributed by atoms with Crippen LogP contribution in [0.25, 0.3) is 10.6 Å². The van der Waals surface area contributed by atoms with Crippen molar-refractivity contribution < 1.29 is 18.1 Å². The Morgan fingerprint density at radius 2 is 2.08 bits per heavy atom. The Kier molecular flexibility index (Phi) is 4.44. The van der Waals surface area contributed by atoms with Gasteiger partial charge in [-0.15, -0.1) is 11.3 Å². The Labute approximate surface area is 142 Å². The standard InChI is InChI=1S/C16H19F2N3O2S/c1-9-13(20-23-14(9)16(2,17)18)11-3-4-12(24-11)15(22)21-7-5-10(19)6-8-21/h3-4,10H,5-8,19H2,1-2H3. The van der Waals surface area contributed by atoms with Gasteiger partial charge in [-0.2, -0.15) is 8.78 Å². The fourth-order valence-electron chi connectivity index (χ4n) is 2.81. The van der Waals surface area contributed by atoms with Crippen LogP contribution in [-0.2, 0) is 5.92 Å². The number of piperidine rings is 1. The van der Waals surface area contributed by atoms with Gasteiger partial charge in [0.25, 0.3) is 5.91 Å². The Morgan fingerprint density at radius 3 is 2.67 bits per heavy atom. The van der Waals surface area contributed by atoms with Crippen LogP contribution in [0.4, 0.5) is 8.78 Å². The van der Waals surface area contributed by atoms with Crippen molar-refractivity contribution in [2.24, 2.45) is 5.73 Å². The van der Waals surface area contributed by atoms with Crippen molar-refractivity contribution in [3.63, 3.8) is 0 Å². The second kappa shape index (κ2) is 6.25. The molecule has 2 aromatic rings. The maximum absolute atomic E-state index is 13.5. The number of hydrogen-bond donors (Lipinski definition) is 1. The molecule has 1 fully saturated rings. The smallest absolute Gasteiger partial charge is 0.304 e. The van der Waals surface area contributed by atoms with Crippen LogP contribution < -0.4 is 5.73 Å². The quantitative estimate of drug-likeness (QED) is 0.916. The predicted molar refractivity (Wildman–Crippen MR) is 87.2 cm³/mol. The van der Waals surface area contributed by atoms with E-state index in [0.29, 0.717) is 34.1 Å². The maximum Gasteiger partial charge on any atom is 0.304 e. The molecule has 0 radical (unpaired) electrons. The van der Waals surface area contributed by atoms with Gasteiger partial charge in [0, 0.05) is 31.6 Å². The SMILES string of the molecule is Cc1c(-c2ccc(C(=O)N3CCC(N)CC3)s2)noc1C(C)(F)F. The number of likely N-dealkylation sites (tertiary alicyclic amines) is 1. The van der Waals surface area contributed by atoms with Crippen LogP contribution in [0, 0.1) is 6.92 Å². The summed E-state index contributed by atoms with van der Waals surface area (Å²) >= 11 is 1.24. The van der Waals surface area contributed by atoms with Gasteiger partial charge in [0.15, 0.2) is 0 Å². The first-order valence-electron chi connectivity index (χ1n) is 7.77. The van der Waals surface area contributed by atoms with Crippen molar-refractivity contribution in [3.05, 3.63) is 28.3 Å². The van der Waals surface area contributed by atoms with Crippen molar-refractivity contribution in [1.29, 1.82) is 0 Å². The summed E-state index contributed by atoms with van der Waals surface area (Å²) in [5.41, 5.74) is 6.51. The average molecular weight is 355 g/mol. The van der Waals surface area contributed by atoms with Crippen molar-refractivity contribution >= 4 is 17.2 Å². The second-order valence-corrected chi connectivity index (χ2v) is 7.25. The minimum Gasteiger partial charge on any atom is -0.354 e. The summed E-state index contributed by atoms with van der Waals surface area (Å²) in [6.07, 6.45) is 1.59. The maximum atomic E-state index is 13.5. The van der Waals surface area contributed by atoms with Crippen LogP contribution in [0.15, 0.2) is 16.7 Å². The molecule has 2 aromatic heterocycles. The van der Waals surface area contributed by atoms with E-state index in [0.717, 1.165) is 19.8 Å². The minimum atomic E-state index is -3.09. The number of hydrogen-bond acceptors (Lipinski definition) is 5. The number of halogens is 2. The third kappa shape index (κ3) is 3.21. The Balaban J connectivity index is 1.81. The van der Waals surface area contributed by atoms with Crippen LogP contribution in [0.3, 0.4) is 0 Å². The predicted octanol–water partition coefficient (Wildman–Crippen LogP) is 3.39. The highest BCUT2D eigenvalue weighted by molar-refractivity contribution is 7.17. The summed E-state index contributed by atoms with van der Waals surface area (Å²) in [6.45, 7) is 3.60. The molecule has 1 amide bonds. The van der Waals surface area contributed by atoms with E-state index in [1.54, 1.807) is 24.0 Å². The molecule has 5 nitrogen and oxygen atoms in total. The van der Waals surface area contributed by atoms with Gasteiger partial charge >= 0.3 is 5.92 Å². The number of thiophene rings is 1. The molecule has 3 heterocycles. The van der Waals surface area contributed by atoms with Crippen molar-refractivity contribution in [3.8, 4) is 10.6 Å². The lowest BCUT2D eigenvalue weighted by atomic mass is 10.1. The first-order valence-corrected chi connectivity index (χ1v) is 8.58. The number of carbonyl (C=O) groups excluding carboxylic acids is 1. The van der Waals surface area contributed by atoms with E-state index in [-0.39, 0.29) is 11.9 Å². The highest BCUT2D eigenvalue weighted by Crippen LogP contribution is 2.37. The number of carbonyl (C=O) groups is 1. The Hall–Kier alpha value is -1.80. The second-order valence-electron chi connectivity index (χ2n) is 6.17. The Morgan fingerprint density at radius 1 is 1.42 bits per heavy atom. The first-order chi connectivity index (χ1) is 11.3. The zero-order chi connectivity index (χ0) is 17.5. The molecule has 0 atom stereocenters. The summed E-state index contributed by atoms with van der Waals surface area (Å²) in [6, 6.07) is 3.57. The number of nitrogens with two attached hydrogens (primary N) is 1. The number of nitrogens with zero attached hydrogens (tertiary/aromatic N) is 2. The van der Waals surface area contributed by atoms with Crippen LogP contribution in [0.5, 0.6) is 0 Å². The van der Waals surface area contributed by atoms with Gasteiger partial charge in [-0.1, -0.05) is 5.16 Å². The molecule has 0 aromatic carbocycles. The third-order valence-electron chi connectivity index (χ3n) is 4.20. The molecule has 0 unspecified atom stereocenters. The summed E-state index contributed by atoms with van der Waals surface area (Å²) in [5, 5.41) is 3.76. The van der Waals surface area contributed by atoms with E-state index in [9.17, 15) is 13.6 Å². The van der Waals surface area contributed by atoms with Gasteiger partial charge in [-0.05, 0) is 31.9 Å². The molecule has 1 saturated heterocycles. The lowest BCUT2D eigenvalue weighted by Gasteiger charge is -2.29. The molecule has 8 heteroatoms. The van der Waals surface area contributed by atoms with Gasteiger partial charge in [-0.25, -0.2) is 0 Å². The molecule has 130 valence electrons. The van der Waals surface area contributed by atoms with E-state index in [1.807, 2.05) is 0 Å².